The fourth-order valence-electron chi connectivity index (χ4n) is 7.48. The summed E-state index contributed by atoms with van der Waals surface area (Å²) in [4.78, 5) is 0. The van der Waals surface area contributed by atoms with Gasteiger partial charge in [-0.3, -0.25) is 0 Å². The third kappa shape index (κ3) is 3.17. The normalized spacial score (nSPS) is 12.4. The Hall–Kier alpha value is -5.66. The lowest BCUT2D eigenvalue weighted by Crippen LogP contribution is -1.97. The molecule has 0 bridgehead atoms. The highest BCUT2D eigenvalue weighted by Crippen LogP contribution is 2.49. The molecule has 1 heteroatoms. The third-order valence-electron chi connectivity index (χ3n) is 9.41. The predicted octanol–water partition coefficient (Wildman–Crippen LogP) is 12.0. The first kappa shape index (κ1) is 23.0. The summed E-state index contributed by atoms with van der Waals surface area (Å²) in [5, 5.41) is 12.8. The summed E-state index contributed by atoms with van der Waals surface area (Å²) in [6.07, 6.45) is 0. The van der Waals surface area contributed by atoms with Gasteiger partial charge in [-0.15, -0.1) is 0 Å². The Bertz CT molecular complexity index is 2570. The molecule has 43 heavy (non-hydrogen) atoms. The maximum Gasteiger partial charge on any atom is 0.135 e. The lowest BCUT2D eigenvalue weighted by molar-refractivity contribution is 0.487. The van der Waals surface area contributed by atoms with E-state index in [2.05, 4.69) is 140 Å². The van der Waals surface area contributed by atoms with E-state index in [9.17, 15) is 0 Å². The van der Waals surface area contributed by atoms with Gasteiger partial charge >= 0.3 is 0 Å². The fourth-order valence-corrected chi connectivity index (χ4v) is 7.48. The maximum absolute atomic E-state index is 6.38. The van der Waals surface area contributed by atoms with Gasteiger partial charge in [0.15, 0.2) is 0 Å². The SMILES string of the molecule is c1ccc2c(c1)Oc1ccc(-c3ccc4cccc(-c5ccc6ccc7cccc8ccc5c6c78)c4c3)c3cccc-2c13. The van der Waals surface area contributed by atoms with Gasteiger partial charge in [-0.2, -0.15) is 0 Å². The van der Waals surface area contributed by atoms with Gasteiger partial charge in [0, 0.05) is 10.9 Å². The van der Waals surface area contributed by atoms with Crippen LogP contribution in [0, 0.1) is 0 Å². The monoisotopic (exact) mass is 544 g/mol. The predicted molar refractivity (Wildman–Crippen MR) is 182 cm³/mol. The van der Waals surface area contributed by atoms with Gasteiger partial charge in [-0.05, 0) is 94.5 Å². The molecular weight excluding hydrogens is 520 g/mol. The van der Waals surface area contributed by atoms with Crippen LogP contribution >= 0.6 is 0 Å². The summed E-state index contributed by atoms with van der Waals surface area (Å²) in [6, 6.07) is 53.2. The number of hydrogen-bond donors (Lipinski definition) is 0. The molecule has 10 rings (SSSR count). The van der Waals surface area contributed by atoms with Crippen molar-refractivity contribution in [2.24, 2.45) is 0 Å². The van der Waals surface area contributed by atoms with Crippen molar-refractivity contribution < 1.29 is 4.74 Å². The first-order valence-corrected chi connectivity index (χ1v) is 14.8. The molecule has 1 nitrogen and oxygen atoms in total. The molecule has 1 aliphatic heterocycles. The highest BCUT2D eigenvalue weighted by atomic mass is 16.5. The molecule has 9 aromatic rings. The molecule has 1 heterocycles. The Balaban J connectivity index is 1.22. The van der Waals surface area contributed by atoms with Crippen LogP contribution in [-0.4, -0.2) is 0 Å². The molecule has 0 spiro atoms. The molecule has 0 saturated carbocycles. The van der Waals surface area contributed by atoms with E-state index in [4.69, 9.17) is 4.74 Å². The smallest absolute Gasteiger partial charge is 0.135 e. The van der Waals surface area contributed by atoms with Crippen molar-refractivity contribution in [2.75, 3.05) is 0 Å². The quantitative estimate of drug-likeness (QED) is 0.197. The summed E-state index contributed by atoms with van der Waals surface area (Å²) in [5.41, 5.74) is 7.34. The van der Waals surface area contributed by atoms with E-state index in [-0.39, 0.29) is 0 Å². The molecular formula is C42H24O. The Morgan fingerprint density at radius 2 is 0.930 bits per heavy atom. The Morgan fingerprint density at radius 1 is 0.302 bits per heavy atom. The molecule has 0 fully saturated rings. The van der Waals surface area contributed by atoms with Crippen LogP contribution in [0.5, 0.6) is 11.5 Å². The van der Waals surface area contributed by atoms with E-state index >= 15 is 0 Å². The van der Waals surface area contributed by atoms with Crippen molar-refractivity contribution in [3.63, 3.8) is 0 Å². The van der Waals surface area contributed by atoms with Crippen LogP contribution in [0.25, 0.3) is 87.2 Å². The minimum Gasteiger partial charge on any atom is -0.456 e. The molecule has 0 amide bonds. The summed E-state index contributed by atoms with van der Waals surface area (Å²) in [5.74, 6) is 1.84. The van der Waals surface area contributed by atoms with Crippen molar-refractivity contribution >= 4 is 53.9 Å². The van der Waals surface area contributed by atoms with E-state index < -0.39 is 0 Å². The molecule has 198 valence electrons. The van der Waals surface area contributed by atoms with Gasteiger partial charge in [-0.1, -0.05) is 127 Å². The number of para-hydroxylation sites is 1. The first-order chi connectivity index (χ1) is 21.3. The van der Waals surface area contributed by atoms with Gasteiger partial charge in [0.05, 0.1) is 0 Å². The molecule has 0 unspecified atom stereocenters. The molecule has 0 aliphatic carbocycles. The van der Waals surface area contributed by atoms with Crippen LogP contribution in [0.3, 0.4) is 0 Å². The van der Waals surface area contributed by atoms with E-state index in [1.54, 1.807) is 0 Å². The second-order valence-electron chi connectivity index (χ2n) is 11.6. The van der Waals surface area contributed by atoms with Gasteiger partial charge in [0.25, 0.3) is 0 Å². The summed E-state index contributed by atoms with van der Waals surface area (Å²) >= 11 is 0. The highest BCUT2D eigenvalue weighted by molar-refractivity contribution is 6.26. The van der Waals surface area contributed by atoms with Crippen LogP contribution in [0.15, 0.2) is 146 Å². The van der Waals surface area contributed by atoms with Gasteiger partial charge in [0.2, 0.25) is 0 Å². The molecule has 0 aromatic heterocycles. The van der Waals surface area contributed by atoms with Crippen molar-refractivity contribution in [3.8, 4) is 44.9 Å². The molecule has 0 N–H and O–H groups in total. The molecule has 1 aliphatic rings. The average Bonchev–Trinajstić information content (AvgIpc) is 3.07. The van der Waals surface area contributed by atoms with E-state index in [0.717, 1.165) is 17.1 Å². The highest BCUT2D eigenvalue weighted by Gasteiger charge is 2.21. The molecule has 0 saturated heterocycles. The summed E-state index contributed by atoms with van der Waals surface area (Å²) in [6.45, 7) is 0. The minimum atomic E-state index is 0.916. The van der Waals surface area contributed by atoms with Crippen LogP contribution in [0.4, 0.5) is 0 Å². The Labute approximate surface area is 248 Å². The van der Waals surface area contributed by atoms with Crippen LogP contribution in [-0.2, 0) is 0 Å². The van der Waals surface area contributed by atoms with E-state index in [1.165, 1.54) is 81.7 Å². The van der Waals surface area contributed by atoms with E-state index in [0.29, 0.717) is 0 Å². The minimum absolute atomic E-state index is 0.916. The average molecular weight is 545 g/mol. The van der Waals surface area contributed by atoms with Crippen LogP contribution < -0.4 is 4.74 Å². The second-order valence-corrected chi connectivity index (χ2v) is 11.6. The number of fused-ring (bicyclic) bond motifs is 3. The fraction of sp³-hybridized carbons (Fsp3) is 0. The van der Waals surface area contributed by atoms with Crippen molar-refractivity contribution in [3.05, 3.63) is 146 Å². The van der Waals surface area contributed by atoms with Crippen molar-refractivity contribution in [2.45, 2.75) is 0 Å². The number of hydrogen-bond acceptors (Lipinski definition) is 1. The number of rotatable bonds is 2. The lowest BCUT2D eigenvalue weighted by atomic mass is 9.87. The van der Waals surface area contributed by atoms with Gasteiger partial charge in [0.1, 0.15) is 11.5 Å². The first-order valence-electron chi connectivity index (χ1n) is 14.8. The molecule has 9 aromatic carbocycles. The Morgan fingerprint density at radius 3 is 1.86 bits per heavy atom. The molecule has 0 radical (unpaired) electrons. The van der Waals surface area contributed by atoms with Crippen LogP contribution in [0.1, 0.15) is 0 Å². The summed E-state index contributed by atoms with van der Waals surface area (Å²) in [7, 11) is 0. The van der Waals surface area contributed by atoms with Gasteiger partial charge < -0.3 is 4.74 Å². The number of benzene rings is 9. The Kier molecular flexibility index (Phi) is 4.51. The molecule has 0 atom stereocenters. The van der Waals surface area contributed by atoms with Crippen LogP contribution in [0.2, 0.25) is 0 Å². The largest absolute Gasteiger partial charge is 0.456 e. The zero-order chi connectivity index (χ0) is 28.1. The topological polar surface area (TPSA) is 9.23 Å². The maximum atomic E-state index is 6.38. The van der Waals surface area contributed by atoms with Crippen molar-refractivity contribution in [1.29, 1.82) is 0 Å². The second kappa shape index (κ2) is 8.44. The number of ether oxygens (including phenoxy) is 1. The lowest BCUT2D eigenvalue weighted by Gasteiger charge is -2.22. The zero-order valence-corrected chi connectivity index (χ0v) is 23.3. The summed E-state index contributed by atoms with van der Waals surface area (Å²) < 4.78 is 6.38. The zero-order valence-electron chi connectivity index (χ0n) is 23.3. The van der Waals surface area contributed by atoms with E-state index in [1.807, 2.05) is 6.07 Å². The van der Waals surface area contributed by atoms with Gasteiger partial charge in [-0.25, -0.2) is 0 Å². The van der Waals surface area contributed by atoms with Crippen molar-refractivity contribution in [1.82, 2.24) is 0 Å². The third-order valence-corrected chi connectivity index (χ3v) is 9.41. The standard InChI is InChI=1S/C42H24O/c1-2-13-38-33(9-1)35-12-5-11-34-30(22-23-39(43-38)42(34)35)29-17-14-25-6-4-10-31(37(25)24-29)32-20-18-28-16-15-26-7-3-8-27-19-21-36(32)41(28)40(26)27/h1-24H.